The third-order valence-electron chi connectivity index (χ3n) is 6.17. The standard InChI is InChI=1S/C25H29N3O7S3/c1-14(2)35-18(16-9-7-8-10-17(16)33-6)13-27-23-19(15(3)20(37-23)21-26-11-12-34-21)22(36)28(38(27,31)32)25(4,5)24(29)30/h7-12,14,18H,13H2,1-6H3,(H,29,30)/t18-/m0/s1. The molecule has 0 spiro atoms. The molecule has 10 nitrogen and oxygen atoms in total. The molecule has 0 saturated carbocycles. The number of nitrogens with zero attached hydrogens (tertiary/aromatic N) is 3. The van der Waals surface area contributed by atoms with Crippen LogP contribution in [0.1, 0.15) is 50.5 Å². The number of benzene rings is 1. The summed E-state index contributed by atoms with van der Waals surface area (Å²) in [7, 11) is -2.95. The van der Waals surface area contributed by atoms with Crippen LogP contribution in [0.15, 0.2) is 41.1 Å². The lowest BCUT2D eigenvalue weighted by molar-refractivity contribution is -0.144. The van der Waals surface area contributed by atoms with Gasteiger partial charge in [-0.05, 0) is 46.2 Å². The summed E-state index contributed by atoms with van der Waals surface area (Å²) in [5.74, 6) is -0.494. The molecule has 13 heteroatoms. The Balaban J connectivity index is 1.96. The van der Waals surface area contributed by atoms with Crippen molar-refractivity contribution in [1.82, 2.24) is 9.29 Å². The summed E-state index contributed by atoms with van der Waals surface area (Å²) in [6.45, 7) is 7.94. The van der Waals surface area contributed by atoms with E-state index in [0.717, 1.165) is 15.6 Å². The number of thiocarbonyl (C=S) groups is 1. The molecule has 0 bridgehead atoms. The van der Waals surface area contributed by atoms with Crippen molar-refractivity contribution in [2.75, 3.05) is 18.0 Å². The molecule has 1 aliphatic rings. The number of carbonyl (C=O) groups is 1. The van der Waals surface area contributed by atoms with Crippen LogP contribution in [0.2, 0.25) is 0 Å². The molecule has 3 heterocycles. The lowest BCUT2D eigenvalue weighted by atomic mass is 10.0. The Bertz CT molecular complexity index is 1460. The quantitative estimate of drug-likeness (QED) is 0.357. The second-order valence-electron chi connectivity index (χ2n) is 9.46. The smallest absolute Gasteiger partial charge is 0.330 e. The number of aromatic nitrogens is 1. The molecule has 1 aromatic carbocycles. The third kappa shape index (κ3) is 4.68. The van der Waals surface area contributed by atoms with E-state index >= 15 is 0 Å². The van der Waals surface area contributed by atoms with Crippen molar-refractivity contribution in [2.24, 2.45) is 0 Å². The maximum absolute atomic E-state index is 14.2. The van der Waals surface area contributed by atoms with Gasteiger partial charge in [0.1, 0.15) is 33.6 Å². The highest BCUT2D eigenvalue weighted by atomic mass is 32.2. The maximum Gasteiger partial charge on any atom is 0.330 e. The van der Waals surface area contributed by atoms with Gasteiger partial charge in [-0.1, -0.05) is 30.4 Å². The van der Waals surface area contributed by atoms with E-state index in [1.54, 1.807) is 13.0 Å². The number of oxazole rings is 1. The normalized spacial score (nSPS) is 16.0. The first-order valence-electron chi connectivity index (χ1n) is 11.7. The van der Waals surface area contributed by atoms with Crippen LogP contribution in [-0.2, 0) is 19.7 Å². The van der Waals surface area contributed by atoms with Gasteiger partial charge in [0.05, 0.1) is 30.8 Å². The van der Waals surface area contributed by atoms with Crippen molar-refractivity contribution >= 4 is 49.7 Å². The van der Waals surface area contributed by atoms with Gasteiger partial charge in [0.15, 0.2) is 0 Å². The van der Waals surface area contributed by atoms with Gasteiger partial charge in [0.2, 0.25) is 5.89 Å². The molecule has 1 N–H and O–H groups in total. The predicted octanol–water partition coefficient (Wildman–Crippen LogP) is 4.79. The summed E-state index contributed by atoms with van der Waals surface area (Å²) in [5, 5.41) is 10.3. The Labute approximate surface area is 231 Å². The van der Waals surface area contributed by atoms with E-state index in [0.29, 0.717) is 38.2 Å². The van der Waals surface area contributed by atoms with E-state index in [2.05, 4.69) is 4.98 Å². The summed E-state index contributed by atoms with van der Waals surface area (Å²) < 4.78 is 47.7. The van der Waals surface area contributed by atoms with Crippen molar-refractivity contribution in [3.8, 4) is 16.5 Å². The molecule has 204 valence electrons. The number of rotatable bonds is 9. The average Bonchev–Trinajstić information content (AvgIpc) is 3.48. The molecule has 2 aromatic heterocycles. The van der Waals surface area contributed by atoms with E-state index in [-0.39, 0.29) is 17.6 Å². The van der Waals surface area contributed by atoms with Crippen LogP contribution in [0.25, 0.3) is 10.8 Å². The molecule has 0 radical (unpaired) electrons. The number of fused-ring (bicyclic) bond motifs is 1. The summed E-state index contributed by atoms with van der Waals surface area (Å²) in [5.41, 5.74) is -0.144. The number of carboxylic acid groups (broad SMARTS) is 1. The Morgan fingerprint density at radius 3 is 2.55 bits per heavy atom. The van der Waals surface area contributed by atoms with Crippen LogP contribution in [0.3, 0.4) is 0 Å². The van der Waals surface area contributed by atoms with E-state index in [9.17, 15) is 18.3 Å². The predicted molar refractivity (Wildman–Crippen MR) is 148 cm³/mol. The monoisotopic (exact) mass is 579 g/mol. The average molecular weight is 580 g/mol. The number of aliphatic carboxylic acids is 1. The minimum Gasteiger partial charge on any atom is -0.496 e. The summed E-state index contributed by atoms with van der Waals surface area (Å²) in [6, 6.07) is 7.21. The van der Waals surface area contributed by atoms with E-state index in [4.69, 9.17) is 26.1 Å². The fourth-order valence-corrected chi connectivity index (χ4v) is 8.47. The molecule has 0 saturated heterocycles. The highest BCUT2D eigenvalue weighted by Gasteiger charge is 2.52. The third-order valence-corrected chi connectivity index (χ3v) is 10.1. The molecular formula is C25H29N3O7S3. The van der Waals surface area contributed by atoms with Gasteiger partial charge in [0.25, 0.3) is 0 Å². The number of methoxy groups -OCH3 is 1. The summed E-state index contributed by atoms with van der Waals surface area (Å²) >= 11 is 6.82. The Morgan fingerprint density at radius 1 is 1.29 bits per heavy atom. The van der Waals surface area contributed by atoms with Crippen molar-refractivity contribution in [1.29, 1.82) is 0 Å². The fourth-order valence-electron chi connectivity index (χ4n) is 4.31. The molecule has 1 atom stereocenters. The number of hydrogen-bond donors (Lipinski definition) is 1. The van der Waals surface area contributed by atoms with E-state index in [1.807, 2.05) is 32.0 Å². The van der Waals surface area contributed by atoms with Gasteiger partial charge in [-0.15, -0.1) is 11.3 Å². The molecule has 0 amide bonds. The Hall–Kier alpha value is -3.00. The highest BCUT2D eigenvalue weighted by molar-refractivity contribution is 7.93. The molecule has 3 aromatic rings. The molecule has 0 aliphatic carbocycles. The fraction of sp³-hybridized carbons (Fsp3) is 0.400. The lowest BCUT2D eigenvalue weighted by Crippen LogP contribution is -2.62. The zero-order valence-electron chi connectivity index (χ0n) is 21.8. The van der Waals surface area contributed by atoms with E-state index in [1.165, 1.54) is 37.7 Å². The first-order chi connectivity index (χ1) is 17.8. The number of carboxylic acids is 1. The lowest BCUT2D eigenvalue weighted by Gasteiger charge is -2.44. The molecule has 0 fully saturated rings. The number of hydrogen-bond acceptors (Lipinski definition) is 9. The second kappa shape index (κ2) is 10.3. The Kier molecular flexibility index (Phi) is 7.58. The minimum absolute atomic E-state index is 0.103. The van der Waals surface area contributed by atoms with Crippen molar-refractivity contribution in [2.45, 2.75) is 52.4 Å². The first kappa shape index (κ1) is 28.0. The van der Waals surface area contributed by atoms with Gasteiger partial charge in [-0.2, -0.15) is 8.42 Å². The van der Waals surface area contributed by atoms with Crippen molar-refractivity contribution in [3.05, 3.63) is 53.4 Å². The number of anilines is 1. The van der Waals surface area contributed by atoms with Crippen molar-refractivity contribution < 1.29 is 32.2 Å². The van der Waals surface area contributed by atoms with Gasteiger partial charge in [-0.3, -0.25) is 0 Å². The summed E-state index contributed by atoms with van der Waals surface area (Å²) in [6.07, 6.45) is 1.92. The molecule has 38 heavy (non-hydrogen) atoms. The largest absolute Gasteiger partial charge is 0.496 e. The second-order valence-corrected chi connectivity index (χ2v) is 12.5. The van der Waals surface area contributed by atoms with Crippen LogP contribution in [0.4, 0.5) is 5.00 Å². The van der Waals surface area contributed by atoms with Gasteiger partial charge >= 0.3 is 16.2 Å². The number of para-hydroxylation sites is 1. The van der Waals surface area contributed by atoms with E-state index < -0.39 is 27.8 Å². The topological polar surface area (TPSA) is 122 Å². The first-order valence-corrected chi connectivity index (χ1v) is 14.4. The summed E-state index contributed by atoms with van der Waals surface area (Å²) in [4.78, 5) is 17.0. The molecule has 0 unspecified atom stereocenters. The van der Waals surface area contributed by atoms with Crippen LogP contribution >= 0.6 is 23.6 Å². The van der Waals surface area contributed by atoms with Crippen LogP contribution < -0.4 is 9.04 Å². The SMILES string of the molecule is COc1ccccc1[C@H](CN1c2sc(-c3ncco3)c(C)c2C(=S)N(C(C)(C)C(=O)O)S1(=O)=O)OC(C)C. The van der Waals surface area contributed by atoms with Crippen molar-refractivity contribution in [3.63, 3.8) is 0 Å². The van der Waals surface area contributed by atoms with Crippen LogP contribution in [-0.4, -0.2) is 59.1 Å². The molecule has 4 rings (SSSR count). The number of thiophene rings is 1. The van der Waals surface area contributed by atoms with Crippen LogP contribution in [0, 0.1) is 6.92 Å². The zero-order chi connectivity index (χ0) is 28.0. The zero-order valence-corrected chi connectivity index (χ0v) is 24.2. The maximum atomic E-state index is 14.2. The highest BCUT2D eigenvalue weighted by Crippen LogP contribution is 2.48. The van der Waals surface area contributed by atoms with Crippen LogP contribution in [0.5, 0.6) is 5.75 Å². The minimum atomic E-state index is -4.48. The molecule has 1 aliphatic heterocycles. The van der Waals surface area contributed by atoms with Gasteiger partial charge < -0.3 is 19.0 Å². The number of ether oxygens (including phenoxy) is 2. The van der Waals surface area contributed by atoms with Gasteiger partial charge in [-0.25, -0.2) is 18.4 Å². The van der Waals surface area contributed by atoms with Gasteiger partial charge in [0, 0.05) is 11.1 Å². The Morgan fingerprint density at radius 2 is 1.97 bits per heavy atom. The molecular weight excluding hydrogens is 550 g/mol.